The standard InChI is InChI=1S/C27H20ClIN2O4S/c28-24-8-4-3-7-20(24)17-30(36(34,35)23-14-9-18-5-1-2-6-19(18)15-23)25-16-26(32)31(27(25)33)22-12-10-21(29)11-13-22/h1-15,25H,16-17H2. The van der Waals surface area contributed by atoms with Gasteiger partial charge in [0.2, 0.25) is 15.9 Å². The third kappa shape index (κ3) is 4.66. The number of fused-ring (bicyclic) bond motifs is 1. The van der Waals surface area contributed by atoms with Crippen molar-refractivity contribution in [1.29, 1.82) is 0 Å². The first-order chi connectivity index (χ1) is 17.3. The molecule has 4 aromatic rings. The minimum absolute atomic E-state index is 0.0428. The maximum Gasteiger partial charge on any atom is 0.252 e. The second kappa shape index (κ2) is 9.93. The first kappa shape index (κ1) is 24.9. The lowest BCUT2D eigenvalue weighted by molar-refractivity contribution is -0.122. The number of benzene rings is 4. The lowest BCUT2D eigenvalue weighted by atomic mass is 10.1. The normalized spacial score (nSPS) is 16.3. The summed E-state index contributed by atoms with van der Waals surface area (Å²) in [4.78, 5) is 27.7. The van der Waals surface area contributed by atoms with E-state index < -0.39 is 27.9 Å². The SMILES string of the molecule is O=C1CC(N(Cc2ccccc2Cl)S(=O)(=O)c2ccc3ccccc3c2)C(=O)N1c1ccc(I)cc1. The van der Waals surface area contributed by atoms with Gasteiger partial charge in [0.05, 0.1) is 17.0 Å². The van der Waals surface area contributed by atoms with Gasteiger partial charge in [-0.05, 0) is 81.4 Å². The smallest absolute Gasteiger partial charge is 0.252 e. The summed E-state index contributed by atoms with van der Waals surface area (Å²) in [6.07, 6.45) is -0.262. The summed E-state index contributed by atoms with van der Waals surface area (Å²) >= 11 is 8.50. The minimum Gasteiger partial charge on any atom is -0.274 e. The molecule has 0 aliphatic carbocycles. The minimum atomic E-state index is -4.19. The van der Waals surface area contributed by atoms with E-state index in [1.165, 1.54) is 6.07 Å². The van der Waals surface area contributed by atoms with Crippen LogP contribution in [0.2, 0.25) is 5.02 Å². The molecule has 0 aromatic heterocycles. The summed E-state index contributed by atoms with van der Waals surface area (Å²) in [6.45, 7) is -0.154. The average Bonchev–Trinajstić information content (AvgIpc) is 3.16. The molecule has 1 unspecified atom stereocenters. The van der Waals surface area contributed by atoms with E-state index >= 15 is 0 Å². The Morgan fingerprint density at radius 3 is 2.28 bits per heavy atom. The van der Waals surface area contributed by atoms with Gasteiger partial charge in [0.15, 0.2) is 0 Å². The molecule has 1 fully saturated rings. The zero-order valence-corrected chi connectivity index (χ0v) is 22.6. The van der Waals surface area contributed by atoms with Gasteiger partial charge in [-0.2, -0.15) is 4.31 Å². The van der Waals surface area contributed by atoms with Crippen LogP contribution in [0.5, 0.6) is 0 Å². The van der Waals surface area contributed by atoms with Crippen LogP contribution in [0.3, 0.4) is 0 Å². The number of imide groups is 1. The van der Waals surface area contributed by atoms with Crippen LogP contribution in [0, 0.1) is 3.57 Å². The fourth-order valence-corrected chi connectivity index (χ4v) is 6.47. The van der Waals surface area contributed by atoms with Gasteiger partial charge < -0.3 is 0 Å². The second-order valence-electron chi connectivity index (χ2n) is 8.41. The average molecular weight is 631 g/mol. The molecule has 0 bridgehead atoms. The van der Waals surface area contributed by atoms with Gasteiger partial charge in [-0.15, -0.1) is 0 Å². The van der Waals surface area contributed by atoms with E-state index in [1.54, 1.807) is 60.7 Å². The van der Waals surface area contributed by atoms with Crippen molar-refractivity contribution >= 4 is 72.5 Å². The van der Waals surface area contributed by atoms with E-state index in [0.29, 0.717) is 16.3 Å². The highest BCUT2D eigenvalue weighted by molar-refractivity contribution is 14.1. The quantitative estimate of drug-likeness (QED) is 0.205. The van der Waals surface area contributed by atoms with Gasteiger partial charge in [0, 0.05) is 15.1 Å². The third-order valence-electron chi connectivity index (χ3n) is 6.17. The van der Waals surface area contributed by atoms with Gasteiger partial charge in [-0.1, -0.05) is 60.1 Å². The van der Waals surface area contributed by atoms with E-state index in [0.717, 1.165) is 23.5 Å². The Morgan fingerprint density at radius 1 is 0.889 bits per heavy atom. The Morgan fingerprint density at radius 2 is 1.56 bits per heavy atom. The van der Waals surface area contributed by atoms with E-state index in [9.17, 15) is 18.0 Å². The monoisotopic (exact) mass is 630 g/mol. The Labute approximate surface area is 227 Å². The van der Waals surface area contributed by atoms with E-state index in [1.807, 2.05) is 24.3 Å². The zero-order valence-electron chi connectivity index (χ0n) is 18.8. The first-order valence-electron chi connectivity index (χ1n) is 11.1. The number of rotatable bonds is 6. The van der Waals surface area contributed by atoms with Crippen molar-refractivity contribution in [3.05, 3.63) is 105 Å². The Balaban J connectivity index is 1.59. The molecule has 1 saturated heterocycles. The predicted octanol–water partition coefficient (Wildman–Crippen LogP) is 5.62. The summed E-state index contributed by atoms with van der Waals surface area (Å²) in [5.74, 6) is -1.04. The summed E-state index contributed by atoms with van der Waals surface area (Å²) in [5, 5.41) is 2.03. The number of carbonyl (C=O) groups is 2. The summed E-state index contributed by atoms with van der Waals surface area (Å²) in [7, 11) is -4.19. The van der Waals surface area contributed by atoms with Crippen LogP contribution in [-0.2, 0) is 26.2 Å². The molecule has 1 aliphatic rings. The maximum atomic E-state index is 14.0. The number of hydrogen-bond donors (Lipinski definition) is 0. The summed E-state index contributed by atoms with van der Waals surface area (Å²) in [5.41, 5.74) is 0.949. The van der Waals surface area contributed by atoms with Gasteiger partial charge in [0.25, 0.3) is 5.91 Å². The van der Waals surface area contributed by atoms with Crippen molar-refractivity contribution in [3.63, 3.8) is 0 Å². The summed E-state index contributed by atoms with van der Waals surface area (Å²) in [6, 6.07) is 24.9. The van der Waals surface area contributed by atoms with Crippen LogP contribution in [0.1, 0.15) is 12.0 Å². The maximum absolute atomic E-state index is 14.0. The topological polar surface area (TPSA) is 74.8 Å². The van der Waals surface area contributed by atoms with E-state index in [-0.39, 0.29) is 17.9 Å². The highest BCUT2D eigenvalue weighted by atomic mass is 127. The third-order valence-corrected chi connectivity index (χ3v) is 9.11. The molecular weight excluding hydrogens is 611 g/mol. The molecule has 0 saturated carbocycles. The molecule has 6 nitrogen and oxygen atoms in total. The largest absolute Gasteiger partial charge is 0.274 e. The number of hydrogen-bond acceptors (Lipinski definition) is 4. The molecule has 1 heterocycles. The van der Waals surface area contributed by atoms with Crippen molar-refractivity contribution < 1.29 is 18.0 Å². The van der Waals surface area contributed by atoms with E-state index in [4.69, 9.17) is 11.6 Å². The van der Waals surface area contributed by atoms with Crippen molar-refractivity contribution in [2.75, 3.05) is 4.90 Å². The van der Waals surface area contributed by atoms with Crippen molar-refractivity contribution in [3.8, 4) is 0 Å². The number of sulfonamides is 1. The zero-order chi connectivity index (χ0) is 25.4. The lowest BCUT2D eigenvalue weighted by Gasteiger charge is -2.27. The van der Waals surface area contributed by atoms with Crippen LogP contribution in [0.15, 0.2) is 95.9 Å². The van der Waals surface area contributed by atoms with E-state index in [2.05, 4.69) is 22.6 Å². The number of anilines is 1. The van der Waals surface area contributed by atoms with Crippen LogP contribution in [0.4, 0.5) is 5.69 Å². The molecule has 1 aliphatic heterocycles. The molecule has 5 rings (SSSR count). The number of halogens is 2. The van der Waals surface area contributed by atoms with Gasteiger partial charge >= 0.3 is 0 Å². The molecule has 36 heavy (non-hydrogen) atoms. The van der Waals surface area contributed by atoms with Crippen molar-refractivity contribution in [2.24, 2.45) is 0 Å². The lowest BCUT2D eigenvalue weighted by Crippen LogP contribution is -2.45. The highest BCUT2D eigenvalue weighted by Gasteiger charge is 2.47. The first-order valence-corrected chi connectivity index (χ1v) is 14.0. The van der Waals surface area contributed by atoms with Crippen molar-refractivity contribution in [2.45, 2.75) is 23.9 Å². The molecule has 0 N–H and O–H groups in total. The molecule has 9 heteroatoms. The fraction of sp³-hybridized carbons (Fsp3) is 0.111. The number of carbonyl (C=O) groups excluding carboxylic acids is 2. The van der Waals surface area contributed by atoms with Crippen LogP contribution < -0.4 is 4.90 Å². The van der Waals surface area contributed by atoms with Crippen LogP contribution >= 0.6 is 34.2 Å². The van der Waals surface area contributed by atoms with Crippen LogP contribution in [-0.4, -0.2) is 30.6 Å². The van der Waals surface area contributed by atoms with Gasteiger partial charge in [-0.3, -0.25) is 9.59 Å². The fourth-order valence-electron chi connectivity index (χ4n) is 4.32. The Hall–Kier alpha value is -2.79. The Bertz CT molecular complexity index is 1590. The van der Waals surface area contributed by atoms with Crippen molar-refractivity contribution in [1.82, 2.24) is 4.31 Å². The summed E-state index contributed by atoms with van der Waals surface area (Å²) < 4.78 is 30.1. The Kier molecular flexibility index (Phi) is 6.86. The second-order valence-corrected chi connectivity index (χ2v) is 12.0. The number of nitrogens with zero attached hydrogens (tertiary/aromatic N) is 2. The van der Waals surface area contributed by atoms with Crippen LogP contribution in [0.25, 0.3) is 10.8 Å². The molecule has 4 aromatic carbocycles. The molecule has 2 amide bonds. The molecule has 0 spiro atoms. The number of amides is 2. The molecular formula is C27H20ClIN2O4S. The van der Waals surface area contributed by atoms with Gasteiger partial charge in [-0.25, -0.2) is 13.3 Å². The molecule has 182 valence electrons. The highest BCUT2D eigenvalue weighted by Crippen LogP contribution is 2.33. The molecule has 0 radical (unpaired) electrons. The predicted molar refractivity (Wildman–Crippen MR) is 148 cm³/mol. The molecule has 1 atom stereocenters. The van der Waals surface area contributed by atoms with Gasteiger partial charge in [0.1, 0.15) is 6.04 Å².